The Morgan fingerprint density at radius 2 is 1.82 bits per heavy atom. The van der Waals surface area contributed by atoms with Gasteiger partial charge in [0.15, 0.2) is 17.5 Å². The van der Waals surface area contributed by atoms with Gasteiger partial charge in [-0.2, -0.15) is 0 Å². The maximum absolute atomic E-state index is 10.5. The zero-order valence-corrected chi connectivity index (χ0v) is 20.6. The molecule has 0 bridgehead atoms. The Hall–Kier alpha value is -2.97. The molecule has 0 radical (unpaired) electrons. The minimum Gasteiger partial charge on any atom is -0.506 e. The third-order valence-corrected chi connectivity index (χ3v) is 6.18. The Morgan fingerprint density at radius 3 is 2.56 bits per heavy atom. The molecule has 2 aromatic carbocycles. The van der Waals surface area contributed by atoms with Gasteiger partial charge in [0.25, 0.3) is 0 Å². The summed E-state index contributed by atoms with van der Waals surface area (Å²) in [6, 6.07) is 11.9. The minimum atomic E-state index is -0.0160. The van der Waals surface area contributed by atoms with Crippen molar-refractivity contribution in [1.29, 1.82) is 0 Å². The first-order valence-corrected chi connectivity index (χ1v) is 11.8. The van der Waals surface area contributed by atoms with Crippen molar-refractivity contribution in [3.8, 4) is 17.2 Å². The van der Waals surface area contributed by atoms with Crippen molar-refractivity contribution in [2.24, 2.45) is 4.99 Å². The molecule has 0 saturated carbocycles. The number of phenolic OH excluding ortho intramolecular Hbond substituents is 1. The van der Waals surface area contributed by atoms with Crippen LogP contribution in [0.4, 0.5) is 5.69 Å². The molecular weight excluding hydrogens is 432 g/mol. The minimum absolute atomic E-state index is 0.0160. The maximum Gasteiger partial charge on any atom is 0.231 e. The van der Waals surface area contributed by atoms with Crippen LogP contribution in [0.2, 0.25) is 0 Å². The number of nitrogens with zero attached hydrogens (tertiary/aromatic N) is 3. The number of piperazine rings is 1. The lowest BCUT2D eigenvalue weighted by Gasteiger charge is -2.36. The number of hydrogen-bond donors (Lipinski definition) is 2. The van der Waals surface area contributed by atoms with E-state index < -0.39 is 0 Å². The van der Waals surface area contributed by atoms with Crippen LogP contribution in [0, 0.1) is 0 Å². The molecule has 1 saturated heterocycles. The number of aromatic hydroxyl groups is 1. The second kappa shape index (κ2) is 10.5. The highest BCUT2D eigenvalue weighted by Gasteiger charge is 2.23. The number of guanidine groups is 1. The third kappa shape index (κ3) is 5.93. The molecule has 2 aromatic rings. The highest BCUT2D eigenvalue weighted by Crippen LogP contribution is 2.33. The van der Waals surface area contributed by atoms with Gasteiger partial charge in [-0.3, -0.25) is 9.89 Å². The highest BCUT2D eigenvalue weighted by molar-refractivity contribution is 5.95. The summed E-state index contributed by atoms with van der Waals surface area (Å²) in [5.74, 6) is 2.62. The number of anilines is 1. The van der Waals surface area contributed by atoms with Crippen molar-refractivity contribution < 1.29 is 19.3 Å². The smallest absolute Gasteiger partial charge is 0.231 e. The van der Waals surface area contributed by atoms with Crippen LogP contribution < -0.4 is 14.8 Å². The molecule has 2 N–H and O–H groups in total. The Kier molecular flexibility index (Phi) is 7.48. The van der Waals surface area contributed by atoms with Gasteiger partial charge in [0.1, 0.15) is 5.75 Å². The first-order chi connectivity index (χ1) is 16.3. The fraction of sp³-hybridized carbons (Fsp3) is 0.500. The van der Waals surface area contributed by atoms with Gasteiger partial charge < -0.3 is 29.5 Å². The van der Waals surface area contributed by atoms with Gasteiger partial charge in [-0.05, 0) is 40.8 Å². The van der Waals surface area contributed by atoms with Crippen molar-refractivity contribution in [2.75, 3.05) is 58.6 Å². The van der Waals surface area contributed by atoms with Gasteiger partial charge in [0.05, 0.1) is 18.8 Å². The quantitative estimate of drug-likeness (QED) is 0.290. The topological polar surface area (TPSA) is 78.8 Å². The summed E-state index contributed by atoms with van der Waals surface area (Å²) in [6.45, 7) is 12.2. The number of benzene rings is 2. The number of hydrogen-bond acceptors (Lipinski definition) is 6. The number of ether oxygens (including phenoxy) is 3. The van der Waals surface area contributed by atoms with E-state index in [1.54, 1.807) is 13.2 Å². The molecule has 2 aliphatic heterocycles. The summed E-state index contributed by atoms with van der Waals surface area (Å²) in [4.78, 5) is 9.43. The molecule has 184 valence electrons. The summed E-state index contributed by atoms with van der Waals surface area (Å²) >= 11 is 0. The molecule has 1 fully saturated rings. The molecule has 2 heterocycles. The third-order valence-electron chi connectivity index (χ3n) is 6.18. The van der Waals surface area contributed by atoms with Gasteiger partial charge in [0, 0.05) is 39.8 Å². The fourth-order valence-corrected chi connectivity index (χ4v) is 4.10. The van der Waals surface area contributed by atoms with Gasteiger partial charge in [-0.1, -0.05) is 32.9 Å². The zero-order valence-electron chi connectivity index (χ0n) is 20.6. The second-order valence-electron chi connectivity index (χ2n) is 9.76. The van der Waals surface area contributed by atoms with Crippen LogP contribution in [0.15, 0.2) is 41.4 Å². The predicted molar refractivity (Wildman–Crippen MR) is 134 cm³/mol. The van der Waals surface area contributed by atoms with Crippen molar-refractivity contribution >= 4 is 11.6 Å². The van der Waals surface area contributed by atoms with Crippen molar-refractivity contribution in [3.63, 3.8) is 0 Å². The molecule has 34 heavy (non-hydrogen) atoms. The molecule has 0 atom stereocenters. The van der Waals surface area contributed by atoms with Crippen LogP contribution in [0.1, 0.15) is 31.9 Å². The molecule has 0 aromatic heterocycles. The molecule has 4 rings (SSSR count). The number of aliphatic imine (C=N–C) groups is 1. The lowest BCUT2D eigenvalue weighted by atomic mass is 9.87. The lowest BCUT2D eigenvalue weighted by molar-refractivity contribution is 0.172. The summed E-state index contributed by atoms with van der Waals surface area (Å²) in [5.41, 5.74) is 3.02. The number of methoxy groups -OCH3 is 1. The molecule has 0 amide bonds. The summed E-state index contributed by atoms with van der Waals surface area (Å²) in [6.07, 6.45) is 0. The van der Waals surface area contributed by atoms with E-state index >= 15 is 0 Å². The van der Waals surface area contributed by atoms with Crippen molar-refractivity contribution in [2.45, 2.75) is 32.7 Å². The average molecular weight is 469 g/mol. The van der Waals surface area contributed by atoms with Crippen LogP contribution in [-0.2, 0) is 16.7 Å². The van der Waals surface area contributed by atoms with E-state index in [2.05, 4.69) is 48.0 Å². The fourth-order valence-electron chi connectivity index (χ4n) is 4.10. The first-order valence-electron chi connectivity index (χ1n) is 11.8. The Bertz CT molecular complexity index is 1010. The van der Waals surface area contributed by atoms with Crippen LogP contribution in [0.25, 0.3) is 0 Å². The normalized spacial score (nSPS) is 16.7. The SMILES string of the molecule is COCCN=C(Nc1cc(C(C)(C)C)ccc1O)N1CCN(Cc2ccc3c(c2)OCO3)CC1. The largest absolute Gasteiger partial charge is 0.506 e. The Morgan fingerprint density at radius 1 is 1.06 bits per heavy atom. The molecule has 2 aliphatic rings. The monoisotopic (exact) mass is 468 g/mol. The average Bonchev–Trinajstić information content (AvgIpc) is 3.27. The molecule has 0 aliphatic carbocycles. The number of rotatable bonds is 6. The summed E-state index contributed by atoms with van der Waals surface area (Å²) in [5, 5.41) is 13.9. The van der Waals surface area contributed by atoms with Gasteiger partial charge >= 0.3 is 0 Å². The van der Waals surface area contributed by atoms with Crippen LogP contribution >= 0.6 is 0 Å². The van der Waals surface area contributed by atoms with Gasteiger partial charge in [-0.25, -0.2) is 0 Å². The second-order valence-corrected chi connectivity index (χ2v) is 9.76. The predicted octanol–water partition coefficient (Wildman–Crippen LogP) is 3.65. The number of nitrogens with one attached hydrogen (secondary N) is 1. The molecule has 8 heteroatoms. The van der Waals surface area contributed by atoms with Crippen LogP contribution in [0.3, 0.4) is 0 Å². The van der Waals surface area contributed by atoms with E-state index in [1.807, 2.05) is 18.2 Å². The molecule has 8 nitrogen and oxygen atoms in total. The van der Waals surface area contributed by atoms with Gasteiger partial charge in [-0.15, -0.1) is 0 Å². The van der Waals surface area contributed by atoms with Gasteiger partial charge in [0.2, 0.25) is 6.79 Å². The van der Waals surface area contributed by atoms with E-state index in [-0.39, 0.29) is 11.2 Å². The van der Waals surface area contributed by atoms with E-state index in [4.69, 9.17) is 19.2 Å². The molecular formula is C26H36N4O4. The summed E-state index contributed by atoms with van der Waals surface area (Å²) in [7, 11) is 1.68. The Balaban J connectivity index is 1.42. The van der Waals surface area contributed by atoms with E-state index in [9.17, 15) is 5.11 Å². The van der Waals surface area contributed by atoms with Crippen LogP contribution in [-0.4, -0.2) is 74.1 Å². The van der Waals surface area contributed by atoms with E-state index in [0.29, 0.717) is 25.6 Å². The van der Waals surface area contributed by atoms with Crippen LogP contribution in [0.5, 0.6) is 17.2 Å². The summed E-state index contributed by atoms with van der Waals surface area (Å²) < 4.78 is 16.1. The zero-order chi connectivity index (χ0) is 24.1. The van der Waals surface area contributed by atoms with Crippen molar-refractivity contribution in [3.05, 3.63) is 47.5 Å². The maximum atomic E-state index is 10.5. The Labute approximate surface area is 202 Å². The van der Waals surface area contributed by atoms with E-state index in [1.165, 1.54) is 5.56 Å². The molecule has 0 spiro atoms. The first kappa shape index (κ1) is 24.2. The number of fused-ring (bicyclic) bond motifs is 1. The standard InChI is InChI=1S/C26H36N4O4/c1-26(2,3)20-6-7-22(31)21(16-20)28-25(27-9-14-32-4)30-12-10-29(11-13-30)17-19-5-8-23-24(15-19)34-18-33-23/h5-8,15-16,31H,9-14,17-18H2,1-4H3,(H,27,28). The highest BCUT2D eigenvalue weighted by atomic mass is 16.7. The number of phenols is 1. The lowest BCUT2D eigenvalue weighted by Crippen LogP contribution is -2.50. The van der Waals surface area contributed by atoms with Crippen molar-refractivity contribution in [1.82, 2.24) is 9.80 Å². The molecule has 0 unspecified atom stereocenters. The van der Waals surface area contributed by atoms with E-state index in [0.717, 1.165) is 55.7 Å².